The maximum absolute atomic E-state index is 6.47. The molecule has 2 N–H and O–H groups in total. The van der Waals surface area contributed by atoms with E-state index in [-0.39, 0.29) is 5.54 Å². The number of hydrogen-bond donors (Lipinski definition) is 1. The van der Waals surface area contributed by atoms with Crippen molar-refractivity contribution >= 4 is 8.80 Å². The van der Waals surface area contributed by atoms with Gasteiger partial charge in [0.2, 0.25) is 0 Å². The number of allylic oxidation sites excluding steroid dienone is 3. The molecule has 1 aliphatic rings. The van der Waals surface area contributed by atoms with Gasteiger partial charge < -0.3 is 5.73 Å². The third kappa shape index (κ3) is 3.82. The Morgan fingerprint density at radius 3 is 2.24 bits per heavy atom. The van der Waals surface area contributed by atoms with E-state index in [9.17, 15) is 0 Å². The molecule has 0 amide bonds. The van der Waals surface area contributed by atoms with E-state index in [2.05, 4.69) is 59.0 Å². The Bertz CT molecular complexity index is 318. The Kier molecular flexibility index (Phi) is 4.42. The molecule has 1 nitrogen and oxygen atoms in total. The lowest BCUT2D eigenvalue weighted by molar-refractivity contribution is 0.184. The van der Waals surface area contributed by atoms with E-state index in [1.807, 2.05) is 0 Å². The first-order chi connectivity index (χ1) is 7.64. The number of nitrogens with two attached hydrogens (primary N) is 1. The molecule has 0 radical (unpaired) electrons. The predicted octanol–water partition coefficient (Wildman–Crippen LogP) is 3.74. The Labute approximate surface area is 109 Å². The van der Waals surface area contributed by atoms with Gasteiger partial charge in [0.1, 0.15) is 0 Å². The first kappa shape index (κ1) is 14.7. The first-order valence-electron chi connectivity index (χ1n) is 6.79. The summed E-state index contributed by atoms with van der Waals surface area (Å²) in [5.74, 6) is 0.486. The van der Waals surface area contributed by atoms with Gasteiger partial charge in [-0.2, -0.15) is 0 Å². The molecule has 17 heavy (non-hydrogen) atoms. The highest BCUT2D eigenvalue weighted by atomic mass is 28.3. The van der Waals surface area contributed by atoms with Crippen LogP contribution in [-0.4, -0.2) is 14.3 Å². The average Bonchev–Trinajstić information content (AvgIpc) is 2.49. The van der Waals surface area contributed by atoms with E-state index in [0.29, 0.717) is 11.3 Å². The van der Waals surface area contributed by atoms with Crippen molar-refractivity contribution in [2.24, 2.45) is 17.1 Å². The Morgan fingerprint density at radius 1 is 1.29 bits per heavy atom. The molecule has 0 aliphatic heterocycles. The second kappa shape index (κ2) is 5.11. The van der Waals surface area contributed by atoms with Crippen molar-refractivity contribution in [1.82, 2.24) is 0 Å². The molecule has 1 unspecified atom stereocenters. The molecule has 0 aromatic rings. The minimum atomic E-state index is -0.570. The van der Waals surface area contributed by atoms with Crippen LogP contribution in [0.3, 0.4) is 0 Å². The van der Waals surface area contributed by atoms with E-state index in [0.717, 1.165) is 6.42 Å². The summed E-state index contributed by atoms with van der Waals surface area (Å²) >= 11 is 0. The highest BCUT2D eigenvalue weighted by Crippen LogP contribution is 2.44. The topological polar surface area (TPSA) is 26.0 Å². The smallest absolute Gasteiger partial charge is 0.0311 e. The van der Waals surface area contributed by atoms with E-state index < -0.39 is 8.80 Å². The van der Waals surface area contributed by atoms with E-state index in [1.165, 1.54) is 11.6 Å². The van der Waals surface area contributed by atoms with Crippen molar-refractivity contribution in [3.8, 4) is 0 Å². The fraction of sp³-hybridized carbons (Fsp3) is 0.733. The van der Waals surface area contributed by atoms with Gasteiger partial charge in [-0.25, -0.2) is 0 Å². The zero-order valence-electron chi connectivity index (χ0n) is 12.4. The molecule has 1 atom stereocenters. The van der Waals surface area contributed by atoms with Crippen LogP contribution in [0.5, 0.6) is 0 Å². The predicted molar refractivity (Wildman–Crippen MR) is 81.1 cm³/mol. The fourth-order valence-electron chi connectivity index (χ4n) is 3.83. The number of rotatable bonds is 5. The molecule has 0 aromatic carbocycles. The van der Waals surface area contributed by atoms with Crippen molar-refractivity contribution in [2.45, 2.75) is 58.8 Å². The van der Waals surface area contributed by atoms with Gasteiger partial charge in [-0.3, -0.25) is 0 Å². The van der Waals surface area contributed by atoms with E-state index in [1.54, 1.807) is 0 Å². The largest absolute Gasteiger partial charge is 0.325 e. The second-order valence-electron chi connectivity index (χ2n) is 7.21. The van der Waals surface area contributed by atoms with Gasteiger partial charge in [0.25, 0.3) is 0 Å². The third-order valence-electron chi connectivity index (χ3n) is 3.63. The summed E-state index contributed by atoms with van der Waals surface area (Å²) in [6, 6.07) is 1.36. The van der Waals surface area contributed by atoms with E-state index in [4.69, 9.17) is 5.73 Å². The molecule has 0 saturated carbocycles. The molecule has 0 heterocycles. The molecule has 0 aromatic heterocycles. The van der Waals surface area contributed by atoms with Crippen LogP contribution in [-0.2, 0) is 0 Å². The van der Waals surface area contributed by atoms with Crippen LogP contribution in [0, 0.1) is 11.3 Å². The SMILES string of the molecule is C[SiH](C)CC(C)(C)C(C1=CC=CC1)C(C)(C)N. The minimum Gasteiger partial charge on any atom is -0.325 e. The van der Waals surface area contributed by atoms with Gasteiger partial charge in [-0.15, -0.1) is 0 Å². The molecule has 1 rings (SSSR count). The summed E-state index contributed by atoms with van der Waals surface area (Å²) in [6.07, 6.45) is 7.80. The monoisotopic (exact) mass is 251 g/mol. The van der Waals surface area contributed by atoms with Crippen LogP contribution in [0.25, 0.3) is 0 Å². The lowest BCUT2D eigenvalue weighted by atomic mass is 9.66. The first-order valence-corrected chi connectivity index (χ1v) is 9.91. The molecular formula is C15H29NSi. The highest BCUT2D eigenvalue weighted by molar-refractivity contribution is 6.55. The van der Waals surface area contributed by atoms with Crippen molar-refractivity contribution in [1.29, 1.82) is 0 Å². The van der Waals surface area contributed by atoms with Crippen molar-refractivity contribution in [3.63, 3.8) is 0 Å². The maximum atomic E-state index is 6.47. The molecule has 2 heteroatoms. The van der Waals surface area contributed by atoms with Gasteiger partial charge in [0.15, 0.2) is 0 Å². The molecule has 98 valence electrons. The second-order valence-corrected chi connectivity index (χ2v) is 10.4. The van der Waals surface area contributed by atoms with Crippen molar-refractivity contribution in [3.05, 3.63) is 23.8 Å². The zero-order chi connectivity index (χ0) is 13.3. The van der Waals surface area contributed by atoms with Gasteiger partial charge in [-0.05, 0) is 25.7 Å². The minimum absolute atomic E-state index is 0.134. The van der Waals surface area contributed by atoms with Crippen LogP contribution in [0.4, 0.5) is 0 Å². The van der Waals surface area contributed by atoms with Crippen LogP contribution in [0.2, 0.25) is 19.1 Å². The standard InChI is InChI=1S/C15H29NSi/c1-14(2,11-17(5)6)13(15(3,4)16)12-9-7-8-10-12/h7-9,13,17H,10-11,16H2,1-6H3. The maximum Gasteiger partial charge on any atom is 0.0311 e. The van der Waals surface area contributed by atoms with E-state index >= 15 is 0 Å². The van der Waals surface area contributed by atoms with Gasteiger partial charge in [-0.1, -0.05) is 56.8 Å². The van der Waals surface area contributed by atoms with Gasteiger partial charge >= 0.3 is 0 Å². The summed E-state index contributed by atoms with van der Waals surface area (Å²) in [4.78, 5) is 0. The molecule has 0 fully saturated rings. The van der Waals surface area contributed by atoms with Crippen molar-refractivity contribution in [2.75, 3.05) is 0 Å². The van der Waals surface area contributed by atoms with Crippen LogP contribution < -0.4 is 5.73 Å². The summed E-state index contributed by atoms with van der Waals surface area (Å²) in [7, 11) is -0.570. The van der Waals surface area contributed by atoms with Crippen molar-refractivity contribution < 1.29 is 0 Å². The molecular weight excluding hydrogens is 222 g/mol. The summed E-state index contributed by atoms with van der Waals surface area (Å²) in [6.45, 7) is 14.0. The molecule has 0 saturated heterocycles. The molecule has 0 bridgehead atoms. The quantitative estimate of drug-likeness (QED) is 0.740. The molecule has 0 spiro atoms. The molecule has 1 aliphatic carbocycles. The lowest BCUT2D eigenvalue weighted by Crippen LogP contribution is -2.49. The highest BCUT2D eigenvalue weighted by Gasteiger charge is 2.40. The summed E-state index contributed by atoms with van der Waals surface area (Å²) in [5.41, 5.74) is 8.18. The van der Waals surface area contributed by atoms with Crippen LogP contribution in [0.15, 0.2) is 23.8 Å². The fourth-order valence-corrected chi connectivity index (χ4v) is 6.17. The van der Waals surface area contributed by atoms with Gasteiger partial charge in [0, 0.05) is 20.3 Å². The average molecular weight is 251 g/mol. The third-order valence-corrected chi connectivity index (χ3v) is 5.50. The normalized spacial score (nSPS) is 18.7. The van der Waals surface area contributed by atoms with Crippen LogP contribution in [0.1, 0.15) is 34.1 Å². The Balaban J connectivity index is 2.98. The Hall–Kier alpha value is -0.343. The Morgan fingerprint density at radius 2 is 1.88 bits per heavy atom. The van der Waals surface area contributed by atoms with Gasteiger partial charge in [0.05, 0.1) is 0 Å². The van der Waals surface area contributed by atoms with Crippen LogP contribution >= 0.6 is 0 Å². The summed E-state index contributed by atoms with van der Waals surface area (Å²) in [5, 5.41) is 0. The number of hydrogen-bond acceptors (Lipinski definition) is 1. The lowest BCUT2D eigenvalue weighted by Gasteiger charge is -2.44. The summed E-state index contributed by atoms with van der Waals surface area (Å²) < 4.78 is 0. The zero-order valence-corrected chi connectivity index (χ0v) is 13.5.